The Morgan fingerprint density at radius 2 is 0.414 bits per heavy atom. The lowest BCUT2D eigenvalue weighted by Crippen LogP contribution is -1.94. The van der Waals surface area contributed by atoms with Gasteiger partial charge in [0, 0.05) is 0 Å². The van der Waals surface area contributed by atoms with Gasteiger partial charge < -0.3 is 0 Å². The fourth-order valence-corrected chi connectivity index (χ4v) is 9.28. The smallest absolute Gasteiger partial charge is 0.00259 e. The summed E-state index contributed by atoms with van der Waals surface area (Å²) in [5.74, 6) is 0. The van der Waals surface area contributed by atoms with E-state index in [1.165, 1.54) is 110 Å². The van der Waals surface area contributed by atoms with Crippen molar-refractivity contribution in [3.8, 4) is 66.8 Å². The first-order chi connectivity index (χ1) is 28.8. The van der Waals surface area contributed by atoms with E-state index in [2.05, 4.69) is 231 Å². The first-order valence-electron chi connectivity index (χ1n) is 20.1. The highest BCUT2D eigenvalue weighted by Crippen LogP contribution is 2.48. The van der Waals surface area contributed by atoms with Crippen LogP contribution in [0.4, 0.5) is 0 Å². The molecule has 0 aliphatic rings. The number of rotatable bonds is 6. The molecule has 0 N–H and O–H groups in total. The van der Waals surface area contributed by atoms with Crippen molar-refractivity contribution in [1.82, 2.24) is 0 Å². The lowest BCUT2D eigenvalue weighted by atomic mass is 9.82. The minimum Gasteiger partial charge on any atom is -0.0622 e. The van der Waals surface area contributed by atoms with Gasteiger partial charge in [-0.3, -0.25) is 0 Å². The second kappa shape index (κ2) is 14.2. The van der Waals surface area contributed by atoms with Crippen LogP contribution >= 0.6 is 0 Å². The van der Waals surface area contributed by atoms with Gasteiger partial charge in [-0.05, 0) is 128 Å². The van der Waals surface area contributed by atoms with Gasteiger partial charge in [0.2, 0.25) is 0 Å². The Morgan fingerprint density at radius 3 is 0.828 bits per heavy atom. The average Bonchev–Trinajstić information content (AvgIpc) is 3.30. The molecule has 0 saturated heterocycles. The van der Waals surface area contributed by atoms with Crippen LogP contribution in [0, 0.1) is 0 Å². The molecule has 0 bridgehead atoms. The van der Waals surface area contributed by atoms with Crippen LogP contribution in [0.15, 0.2) is 231 Å². The average molecular weight is 735 g/mol. The molecule has 0 heteroatoms. The Bertz CT molecular complexity index is 3250. The van der Waals surface area contributed by atoms with E-state index in [1.807, 2.05) is 0 Å². The molecule has 11 aromatic rings. The van der Waals surface area contributed by atoms with E-state index in [9.17, 15) is 0 Å². The third-order valence-corrected chi connectivity index (χ3v) is 11.8. The van der Waals surface area contributed by atoms with Gasteiger partial charge in [-0.25, -0.2) is 0 Å². The lowest BCUT2D eigenvalue weighted by Gasteiger charge is -2.21. The van der Waals surface area contributed by atoms with Crippen molar-refractivity contribution in [1.29, 1.82) is 0 Å². The molecule has 0 fully saturated rings. The molecule has 270 valence electrons. The summed E-state index contributed by atoms with van der Waals surface area (Å²) in [6, 6.07) is 84.6. The van der Waals surface area contributed by atoms with Crippen LogP contribution in [0.3, 0.4) is 0 Å². The quantitative estimate of drug-likeness (QED) is 0.149. The fraction of sp³-hybridized carbons (Fsp3) is 0. The van der Waals surface area contributed by atoms with Crippen LogP contribution in [0.25, 0.3) is 110 Å². The molecule has 0 atom stereocenters. The summed E-state index contributed by atoms with van der Waals surface area (Å²) in [6.45, 7) is 0. The maximum atomic E-state index is 2.48. The van der Waals surface area contributed by atoms with Crippen LogP contribution < -0.4 is 0 Å². The molecule has 0 amide bonds. The predicted octanol–water partition coefficient (Wildman–Crippen LogP) is 16.3. The van der Waals surface area contributed by atoms with Crippen LogP contribution in [-0.4, -0.2) is 0 Å². The van der Waals surface area contributed by atoms with Gasteiger partial charge >= 0.3 is 0 Å². The summed E-state index contributed by atoms with van der Waals surface area (Å²) in [6.07, 6.45) is 0. The monoisotopic (exact) mass is 734 g/mol. The fourth-order valence-electron chi connectivity index (χ4n) is 9.28. The lowest BCUT2D eigenvalue weighted by molar-refractivity contribution is 1.60. The van der Waals surface area contributed by atoms with Crippen molar-refractivity contribution >= 4 is 43.1 Å². The first kappa shape index (κ1) is 33.8. The van der Waals surface area contributed by atoms with E-state index in [4.69, 9.17) is 0 Å². The molecule has 11 aromatic carbocycles. The zero-order valence-corrected chi connectivity index (χ0v) is 31.9. The molecular weight excluding hydrogens is 697 g/mol. The number of hydrogen-bond acceptors (Lipinski definition) is 0. The van der Waals surface area contributed by atoms with E-state index in [-0.39, 0.29) is 0 Å². The minimum atomic E-state index is 1.21. The second-order valence-corrected chi connectivity index (χ2v) is 15.2. The van der Waals surface area contributed by atoms with Crippen LogP contribution in [0.5, 0.6) is 0 Å². The Hall–Kier alpha value is -7.54. The van der Waals surface area contributed by atoms with Crippen LogP contribution in [0.2, 0.25) is 0 Å². The number of hydrogen-bond donors (Lipinski definition) is 0. The largest absolute Gasteiger partial charge is 0.0622 e. The normalized spacial score (nSPS) is 11.4. The highest BCUT2D eigenvalue weighted by atomic mass is 14.2. The van der Waals surface area contributed by atoms with Crippen molar-refractivity contribution in [2.45, 2.75) is 0 Å². The Morgan fingerprint density at radius 1 is 0.138 bits per heavy atom. The molecule has 0 aliphatic heterocycles. The molecule has 58 heavy (non-hydrogen) atoms. The molecule has 0 aromatic heterocycles. The maximum Gasteiger partial charge on any atom is -0.00259 e. The summed E-state index contributed by atoms with van der Waals surface area (Å²) >= 11 is 0. The Kier molecular flexibility index (Phi) is 8.26. The standard InChI is InChI=1S/C58H38/c1-4-18-39(19-5-1)42-24-16-26-44(36-42)56-51-32-14-15-33-52(51)58(45-27-17-25-43(37-45)40-20-6-2-7-21-40)54-38-46(34-35-53(54)56)57-49-30-12-10-28-47(49)55(41-22-8-3-9-23-41)48-29-11-13-31-50(48)57/h1-38H. The van der Waals surface area contributed by atoms with Gasteiger partial charge in [0.25, 0.3) is 0 Å². The van der Waals surface area contributed by atoms with Crippen molar-refractivity contribution < 1.29 is 0 Å². The van der Waals surface area contributed by atoms with Crippen LogP contribution in [-0.2, 0) is 0 Å². The molecular formula is C58H38. The summed E-state index contributed by atoms with van der Waals surface area (Å²) in [4.78, 5) is 0. The first-order valence-corrected chi connectivity index (χ1v) is 20.1. The van der Waals surface area contributed by atoms with Crippen molar-refractivity contribution in [3.63, 3.8) is 0 Å². The predicted molar refractivity (Wildman–Crippen MR) is 249 cm³/mol. The summed E-state index contributed by atoms with van der Waals surface area (Å²) < 4.78 is 0. The Labute approximate surface area is 339 Å². The third kappa shape index (κ3) is 5.69. The van der Waals surface area contributed by atoms with Gasteiger partial charge in [0.05, 0.1) is 0 Å². The van der Waals surface area contributed by atoms with Gasteiger partial charge in [-0.1, -0.05) is 212 Å². The third-order valence-electron chi connectivity index (χ3n) is 11.8. The molecule has 0 nitrogen and oxygen atoms in total. The summed E-state index contributed by atoms with van der Waals surface area (Å²) in [5.41, 5.74) is 14.8. The van der Waals surface area contributed by atoms with Crippen molar-refractivity contribution in [2.75, 3.05) is 0 Å². The van der Waals surface area contributed by atoms with E-state index in [0.717, 1.165) is 0 Å². The van der Waals surface area contributed by atoms with Crippen LogP contribution in [0.1, 0.15) is 0 Å². The highest BCUT2D eigenvalue weighted by molar-refractivity contribution is 6.25. The highest BCUT2D eigenvalue weighted by Gasteiger charge is 2.21. The minimum absolute atomic E-state index is 1.21. The van der Waals surface area contributed by atoms with Gasteiger partial charge in [-0.15, -0.1) is 0 Å². The van der Waals surface area contributed by atoms with Gasteiger partial charge in [-0.2, -0.15) is 0 Å². The number of benzene rings is 11. The van der Waals surface area contributed by atoms with Gasteiger partial charge in [0.1, 0.15) is 0 Å². The molecule has 0 heterocycles. The summed E-state index contributed by atoms with van der Waals surface area (Å²) in [5, 5.41) is 9.99. The van der Waals surface area contributed by atoms with E-state index in [1.54, 1.807) is 0 Å². The van der Waals surface area contributed by atoms with Gasteiger partial charge in [0.15, 0.2) is 0 Å². The Balaban J connectivity index is 1.25. The second-order valence-electron chi connectivity index (χ2n) is 15.2. The SMILES string of the molecule is c1ccc(-c2cccc(-c3c4ccccc4c(-c4cccc(-c5ccccc5)c4)c4cc(-c5c6ccccc6c(-c6ccccc6)c6ccccc56)ccc34)c2)cc1. The topological polar surface area (TPSA) is 0 Å². The zero-order chi connectivity index (χ0) is 38.4. The van der Waals surface area contributed by atoms with Crippen molar-refractivity contribution in [3.05, 3.63) is 231 Å². The van der Waals surface area contributed by atoms with Crippen molar-refractivity contribution in [2.24, 2.45) is 0 Å². The molecule has 0 radical (unpaired) electrons. The molecule has 11 rings (SSSR count). The van der Waals surface area contributed by atoms with E-state index >= 15 is 0 Å². The maximum absolute atomic E-state index is 2.48. The zero-order valence-electron chi connectivity index (χ0n) is 31.9. The molecule has 0 unspecified atom stereocenters. The molecule has 0 aliphatic carbocycles. The van der Waals surface area contributed by atoms with E-state index < -0.39 is 0 Å². The molecule has 0 saturated carbocycles. The number of fused-ring (bicyclic) bond motifs is 4. The molecule has 0 spiro atoms. The van der Waals surface area contributed by atoms with E-state index in [0.29, 0.717) is 0 Å². The summed E-state index contributed by atoms with van der Waals surface area (Å²) in [7, 11) is 0.